The van der Waals surface area contributed by atoms with Crippen LogP contribution in [0.25, 0.3) is 0 Å². The molecule has 0 aromatic rings. The Kier molecular flexibility index (Phi) is 13.0. The number of rotatable bonds is 8. The van der Waals surface area contributed by atoms with Crippen molar-refractivity contribution in [3.05, 3.63) is 12.2 Å². The Morgan fingerprint density at radius 3 is 2.10 bits per heavy atom. The monoisotopic (exact) mass is 624 g/mol. The van der Waals surface area contributed by atoms with Gasteiger partial charge in [-0.1, -0.05) is 39.8 Å². The topological polar surface area (TPSA) is 173 Å². The van der Waals surface area contributed by atoms with E-state index in [9.17, 15) is 36.2 Å². The second-order valence-electron chi connectivity index (χ2n) is 13.0. The molecule has 220 valence electrons. The van der Waals surface area contributed by atoms with Crippen LogP contribution in [0.2, 0.25) is 0 Å². The van der Waals surface area contributed by atoms with E-state index in [2.05, 4.69) is 18.0 Å². The molecule has 0 spiro atoms. The van der Waals surface area contributed by atoms with Crippen molar-refractivity contribution < 1.29 is 104 Å². The fourth-order valence-electron chi connectivity index (χ4n) is 9.26. The van der Waals surface area contributed by atoms with Crippen molar-refractivity contribution in [2.45, 2.75) is 91.0 Å². The van der Waals surface area contributed by atoms with Gasteiger partial charge in [0.05, 0.1) is 18.8 Å². The van der Waals surface area contributed by atoms with Gasteiger partial charge in [0, 0.05) is 5.92 Å². The fourth-order valence-corrected chi connectivity index (χ4v) is 10.1. The molecule has 4 fully saturated rings. The average molecular weight is 625 g/mol. The molecule has 0 aromatic carbocycles. The summed E-state index contributed by atoms with van der Waals surface area (Å²) in [5.41, 5.74) is -0.730. The summed E-state index contributed by atoms with van der Waals surface area (Å²) in [5, 5.41) is 22.7. The van der Waals surface area contributed by atoms with Gasteiger partial charge >= 0.3 is 59.1 Å². The summed E-state index contributed by atoms with van der Waals surface area (Å²) in [5.74, 6) is 0.0494. The Balaban J connectivity index is 0.00000280. The zero-order valence-electron chi connectivity index (χ0n) is 24.6. The molecular formula is C26H42Na2O10S2. The second-order valence-corrected chi connectivity index (χ2v) is 15.1. The number of aliphatic hydroxyl groups excluding tert-OH is 2. The molecular weight excluding hydrogens is 582 g/mol. The number of hydrogen-bond donors (Lipinski definition) is 2. The van der Waals surface area contributed by atoms with E-state index in [-0.39, 0.29) is 119 Å². The van der Waals surface area contributed by atoms with Crippen LogP contribution in [0, 0.1) is 52.3 Å². The van der Waals surface area contributed by atoms with E-state index in [1.807, 2.05) is 26.0 Å². The minimum absolute atomic E-state index is 0. The molecule has 0 aliphatic heterocycles. The van der Waals surface area contributed by atoms with Crippen LogP contribution < -0.4 is 59.1 Å². The van der Waals surface area contributed by atoms with Crippen molar-refractivity contribution in [1.82, 2.24) is 0 Å². The summed E-state index contributed by atoms with van der Waals surface area (Å²) in [6.07, 6.45) is 5.51. The molecule has 0 saturated heterocycles. The maximum Gasteiger partial charge on any atom is 1.00 e. The van der Waals surface area contributed by atoms with Crippen LogP contribution >= 0.6 is 0 Å². The first-order valence-corrected chi connectivity index (χ1v) is 16.4. The molecule has 4 saturated carbocycles. The van der Waals surface area contributed by atoms with E-state index in [4.69, 9.17) is 4.18 Å². The standard InChI is InChI=1S/C26H44O10S2.2Na/c1-15(2)5-6-16(14-35-37(29,30)31)18-9-10-19-17-7-8-20-24(28)22(36-38(32,33)34)11-12-25(20,3)23(17)21(27)13-26(18,19)4;;/h5-6,15-24,27-28H,7-14H2,1-4H3,(H,29,30,31)(H,32,33,34);;/q;2*+1/p-2/b6-5+;;/t16-,17-,18+,19-,20+,21-,22+,23+,24-,25-,26+;;/m0../s1. The zero-order valence-corrected chi connectivity index (χ0v) is 30.2. The molecule has 2 N–H and O–H groups in total. The Hall–Kier alpha value is 1.40. The van der Waals surface area contributed by atoms with Crippen molar-refractivity contribution in [2.24, 2.45) is 52.3 Å². The third-order valence-corrected chi connectivity index (χ3v) is 11.5. The molecule has 10 nitrogen and oxygen atoms in total. The predicted molar refractivity (Wildman–Crippen MR) is 136 cm³/mol. The van der Waals surface area contributed by atoms with Crippen LogP contribution in [0.4, 0.5) is 0 Å². The van der Waals surface area contributed by atoms with E-state index >= 15 is 0 Å². The first-order chi connectivity index (χ1) is 17.5. The number of allylic oxidation sites excluding steroid dienone is 1. The van der Waals surface area contributed by atoms with Gasteiger partial charge in [0.15, 0.2) is 0 Å². The van der Waals surface area contributed by atoms with E-state index in [0.717, 1.165) is 19.3 Å². The van der Waals surface area contributed by atoms with Crippen molar-refractivity contribution in [2.75, 3.05) is 6.61 Å². The third kappa shape index (κ3) is 7.78. The first kappa shape index (κ1) is 37.6. The van der Waals surface area contributed by atoms with E-state index < -0.39 is 44.5 Å². The summed E-state index contributed by atoms with van der Waals surface area (Å²) in [4.78, 5) is 0. The molecule has 40 heavy (non-hydrogen) atoms. The minimum atomic E-state index is -4.94. The van der Waals surface area contributed by atoms with Crippen LogP contribution in [0.3, 0.4) is 0 Å². The van der Waals surface area contributed by atoms with Crippen LogP contribution in [-0.2, 0) is 29.2 Å². The van der Waals surface area contributed by atoms with Gasteiger partial charge in [-0.3, -0.25) is 8.37 Å². The molecule has 0 unspecified atom stereocenters. The minimum Gasteiger partial charge on any atom is -0.726 e. The summed E-state index contributed by atoms with van der Waals surface area (Å²) in [6, 6.07) is 0. The Labute approximate surface area is 283 Å². The Morgan fingerprint density at radius 1 is 0.900 bits per heavy atom. The normalized spacial score (nSPS) is 42.3. The van der Waals surface area contributed by atoms with Crippen molar-refractivity contribution in [3.63, 3.8) is 0 Å². The quantitative estimate of drug-likeness (QED) is 0.121. The zero-order chi connectivity index (χ0) is 28.3. The van der Waals surface area contributed by atoms with Crippen molar-refractivity contribution >= 4 is 20.8 Å². The summed E-state index contributed by atoms with van der Waals surface area (Å²) >= 11 is 0. The van der Waals surface area contributed by atoms with Crippen LogP contribution in [-0.4, -0.2) is 61.1 Å². The molecule has 4 aliphatic rings. The van der Waals surface area contributed by atoms with Crippen molar-refractivity contribution in [3.8, 4) is 0 Å². The van der Waals surface area contributed by atoms with Crippen LogP contribution in [0.5, 0.6) is 0 Å². The van der Waals surface area contributed by atoms with Gasteiger partial charge in [-0.15, -0.1) is 0 Å². The molecule has 14 heteroatoms. The van der Waals surface area contributed by atoms with Gasteiger partial charge in [-0.05, 0) is 91.3 Å². The van der Waals surface area contributed by atoms with Gasteiger partial charge < -0.3 is 19.3 Å². The smallest absolute Gasteiger partial charge is 0.726 e. The third-order valence-electron chi connectivity index (χ3n) is 10.6. The molecule has 0 heterocycles. The van der Waals surface area contributed by atoms with Crippen LogP contribution in [0.15, 0.2) is 12.2 Å². The summed E-state index contributed by atoms with van der Waals surface area (Å²) in [7, 11) is -9.77. The summed E-state index contributed by atoms with van der Waals surface area (Å²) < 4.78 is 76.8. The maximum atomic E-state index is 11.7. The largest absolute Gasteiger partial charge is 1.00 e. The summed E-state index contributed by atoms with van der Waals surface area (Å²) in [6.45, 7) is 8.06. The SMILES string of the molecule is CC(C)/C=C/[C@@H](COS(=O)(=O)[O-])[C@H]1CC[C@H]2[C@@H]3CC[C@@H]4[C@H](O)[C@H](OS(=O)(=O)[O-])CC[C@]4(C)[C@H]3[C@@H](O)C[C@]12C.[Na+].[Na+]. The van der Waals surface area contributed by atoms with E-state index in [1.54, 1.807) is 0 Å². The van der Waals surface area contributed by atoms with E-state index in [0.29, 0.717) is 19.3 Å². The molecule has 0 amide bonds. The van der Waals surface area contributed by atoms with Gasteiger partial charge in [-0.2, -0.15) is 0 Å². The van der Waals surface area contributed by atoms with Gasteiger partial charge in [-0.25, -0.2) is 16.8 Å². The fraction of sp³-hybridized carbons (Fsp3) is 0.923. The molecule has 4 rings (SSSR count). The molecule has 0 radical (unpaired) electrons. The Morgan fingerprint density at radius 2 is 1.52 bits per heavy atom. The number of aliphatic hydroxyl groups is 2. The van der Waals surface area contributed by atoms with Gasteiger partial charge in [0.1, 0.15) is 6.10 Å². The molecule has 0 bridgehead atoms. The molecule has 11 atom stereocenters. The molecule has 0 aromatic heterocycles. The number of hydrogen-bond acceptors (Lipinski definition) is 10. The average Bonchev–Trinajstić information content (AvgIpc) is 3.10. The molecule has 4 aliphatic carbocycles. The van der Waals surface area contributed by atoms with Crippen LogP contribution in [0.1, 0.15) is 72.6 Å². The van der Waals surface area contributed by atoms with Crippen molar-refractivity contribution in [1.29, 1.82) is 0 Å². The number of fused-ring (bicyclic) bond motifs is 5. The first-order valence-electron chi connectivity index (χ1n) is 13.7. The second kappa shape index (κ2) is 13.8. The van der Waals surface area contributed by atoms with Gasteiger partial charge in [0.25, 0.3) is 0 Å². The predicted octanol–water partition coefficient (Wildman–Crippen LogP) is -3.25. The Bertz CT molecular complexity index is 1120. The maximum absolute atomic E-state index is 11.7. The van der Waals surface area contributed by atoms with E-state index in [1.165, 1.54) is 0 Å². The van der Waals surface area contributed by atoms with Gasteiger partial charge in [0.2, 0.25) is 20.8 Å².